The molecule has 6 N–H and O–H groups in total. The van der Waals surface area contributed by atoms with Gasteiger partial charge >= 0.3 is 0 Å². The van der Waals surface area contributed by atoms with E-state index in [4.69, 9.17) is 27.8 Å². The molecule has 5 nitrogen and oxygen atoms in total. The van der Waals surface area contributed by atoms with Crippen molar-refractivity contribution in [3.63, 3.8) is 0 Å². The van der Waals surface area contributed by atoms with Gasteiger partial charge in [0.15, 0.2) is 0 Å². The number of epoxide rings is 1. The quantitative estimate of drug-likeness (QED) is 0.280. The molecule has 0 bridgehead atoms. The smallest absolute Gasteiger partial charge is 0.0944 e. The lowest BCUT2D eigenvalue weighted by molar-refractivity contribution is 0.425. The van der Waals surface area contributed by atoms with Crippen LogP contribution >= 0.6 is 11.6 Å². The Kier molecular flexibility index (Phi) is 19.3. The minimum absolute atomic E-state index is 0.400. The summed E-state index contributed by atoms with van der Waals surface area (Å²) in [7, 11) is 3.75. The first-order valence-corrected chi connectivity index (χ1v) is 5.67. The van der Waals surface area contributed by atoms with Crippen LogP contribution in [0.4, 0.5) is 0 Å². The molecule has 1 atom stereocenters. The van der Waals surface area contributed by atoms with E-state index < -0.39 is 0 Å². The van der Waals surface area contributed by atoms with E-state index in [1.54, 1.807) is 0 Å². The van der Waals surface area contributed by atoms with E-state index in [1.807, 2.05) is 14.1 Å². The molecule has 15 heavy (non-hydrogen) atoms. The number of hydrogen-bond acceptors (Lipinski definition) is 5. The number of ether oxygens (including phenoxy) is 1. The second-order valence-corrected chi connectivity index (χ2v) is 3.25. The standard InChI is InChI=1S/C4H13N3.C3H5ClO.C2H7N/c5-1-3-7-4-2-6;4-1-3-2-5-3;1-3-2/h7H,1-6H2;3H,1-2H2;3H,1-2H3. The summed E-state index contributed by atoms with van der Waals surface area (Å²) in [5.74, 6) is 0.667. The number of rotatable bonds is 5. The molecule has 1 saturated heterocycles. The van der Waals surface area contributed by atoms with Crippen molar-refractivity contribution in [3.8, 4) is 0 Å². The average molecular weight is 241 g/mol. The highest BCUT2D eigenvalue weighted by Crippen LogP contribution is 2.08. The van der Waals surface area contributed by atoms with Gasteiger partial charge in [-0.05, 0) is 14.1 Å². The Bertz CT molecular complexity index is 100. The minimum atomic E-state index is 0.400. The molecule has 0 aromatic heterocycles. The maximum absolute atomic E-state index is 5.27. The second-order valence-electron chi connectivity index (χ2n) is 2.94. The Labute approximate surface area is 97.9 Å². The van der Waals surface area contributed by atoms with Crippen molar-refractivity contribution in [2.75, 3.05) is 52.8 Å². The van der Waals surface area contributed by atoms with Crippen LogP contribution in [0.2, 0.25) is 0 Å². The van der Waals surface area contributed by atoms with E-state index in [1.165, 1.54) is 0 Å². The first kappa shape index (κ1) is 17.5. The van der Waals surface area contributed by atoms with Crippen LogP contribution in [-0.4, -0.2) is 58.9 Å². The van der Waals surface area contributed by atoms with Crippen molar-refractivity contribution in [2.24, 2.45) is 11.5 Å². The Hall–Kier alpha value is 0.0900. The summed E-state index contributed by atoms with van der Waals surface area (Å²) in [6, 6.07) is 0. The van der Waals surface area contributed by atoms with Crippen LogP contribution in [0.25, 0.3) is 0 Å². The zero-order valence-corrected chi connectivity index (χ0v) is 10.5. The predicted molar refractivity (Wildman–Crippen MR) is 66.4 cm³/mol. The molecule has 1 aliphatic heterocycles. The number of nitrogens with one attached hydrogen (secondary N) is 2. The minimum Gasteiger partial charge on any atom is -0.372 e. The van der Waals surface area contributed by atoms with E-state index in [0.29, 0.717) is 25.1 Å². The molecule has 94 valence electrons. The fourth-order valence-corrected chi connectivity index (χ4v) is 0.664. The van der Waals surface area contributed by atoms with Crippen LogP contribution in [0, 0.1) is 0 Å². The molecular formula is C9H25ClN4O. The highest BCUT2D eigenvalue weighted by Gasteiger charge is 2.19. The van der Waals surface area contributed by atoms with E-state index in [2.05, 4.69) is 10.6 Å². The molecule has 1 heterocycles. The van der Waals surface area contributed by atoms with Crippen LogP contribution in [-0.2, 0) is 4.74 Å². The third kappa shape index (κ3) is 24.9. The van der Waals surface area contributed by atoms with E-state index in [0.717, 1.165) is 19.7 Å². The van der Waals surface area contributed by atoms with Gasteiger partial charge in [-0.15, -0.1) is 11.6 Å². The second kappa shape index (κ2) is 16.5. The molecule has 0 saturated carbocycles. The Morgan fingerprint density at radius 2 is 1.67 bits per heavy atom. The summed E-state index contributed by atoms with van der Waals surface area (Å²) < 4.78 is 4.73. The molecule has 0 aromatic rings. The maximum atomic E-state index is 5.27. The van der Waals surface area contributed by atoms with Crippen molar-refractivity contribution >= 4 is 11.6 Å². The molecule has 1 unspecified atom stereocenters. The van der Waals surface area contributed by atoms with Crippen LogP contribution in [0.5, 0.6) is 0 Å². The fraction of sp³-hybridized carbons (Fsp3) is 1.00. The van der Waals surface area contributed by atoms with Crippen molar-refractivity contribution in [1.82, 2.24) is 10.6 Å². The van der Waals surface area contributed by atoms with E-state index in [-0.39, 0.29) is 0 Å². The van der Waals surface area contributed by atoms with E-state index in [9.17, 15) is 0 Å². The number of hydrogen-bond donors (Lipinski definition) is 4. The lowest BCUT2D eigenvalue weighted by Crippen LogP contribution is -2.27. The van der Waals surface area contributed by atoms with Gasteiger partial charge in [0.1, 0.15) is 0 Å². The average Bonchev–Trinajstić information content (AvgIpc) is 3.04. The summed E-state index contributed by atoms with van der Waals surface area (Å²) in [6.07, 6.45) is 0.400. The van der Waals surface area contributed by atoms with Gasteiger partial charge in [0.2, 0.25) is 0 Å². The summed E-state index contributed by atoms with van der Waals surface area (Å²) in [4.78, 5) is 0. The van der Waals surface area contributed by atoms with Crippen molar-refractivity contribution in [2.45, 2.75) is 6.10 Å². The highest BCUT2D eigenvalue weighted by molar-refractivity contribution is 6.18. The van der Waals surface area contributed by atoms with E-state index >= 15 is 0 Å². The van der Waals surface area contributed by atoms with Gasteiger partial charge in [-0.1, -0.05) is 0 Å². The Balaban J connectivity index is 0. The van der Waals surface area contributed by atoms with Gasteiger partial charge in [-0.25, -0.2) is 0 Å². The zero-order chi connectivity index (χ0) is 11.9. The van der Waals surface area contributed by atoms with Gasteiger partial charge in [0, 0.05) is 26.2 Å². The zero-order valence-electron chi connectivity index (χ0n) is 9.76. The largest absolute Gasteiger partial charge is 0.372 e. The first-order chi connectivity index (χ1) is 7.26. The van der Waals surface area contributed by atoms with Gasteiger partial charge in [0.25, 0.3) is 0 Å². The molecule has 1 fully saturated rings. The maximum Gasteiger partial charge on any atom is 0.0944 e. The van der Waals surface area contributed by atoms with Crippen LogP contribution in [0.1, 0.15) is 0 Å². The first-order valence-electron chi connectivity index (χ1n) is 5.13. The topological polar surface area (TPSA) is 88.6 Å². The summed E-state index contributed by atoms with van der Waals surface area (Å²) in [6.45, 7) is 4.01. The highest BCUT2D eigenvalue weighted by atomic mass is 35.5. The fourth-order valence-electron chi connectivity index (χ4n) is 0.486. The Morgan fingerprint density at radius 3 is 1.80 bits per heavy atom. The molecule has 0 radical (unpaired) electrons. The molecule has 0 spiro atoms. The molecule has 0 aliphatic carbocycles. The monoisotopic (exact) mass is 240 g/mol. The van der Waals surface area contributed by atoms with Crippen molar-refractivity contribution in [1.29, 1.82) is 0 Å². The van der Waals surface area contributed by atoms with Gasteiger partial charge in [-0.3, -0.25) is 0 Å². The van der Waals surface area contributed by atoms with Crippen molar-refractivity contribution < 1.29 is 4.74 Å². The Morgan fingerprint density at radius 1 is 1.27 bits per heavy atom. The summed E-state index contributed by atoms with van der Waals surface area (Å²) >= 11 is 5.27. The lowest BCUT2D eigenvalue weighted by Gasteiger charge is -1.95. The van der Waals surface area contributed by atoms with Gasteiger partial charge in [0.05, 0.1) is 18.6 Å². The van der Waals surface area contributed by atoms with Crippen molar-refractivity contribution in [3.05, 3.63) is 0 Å². The van der Waals surface area contributed by atoms with Crippen LogP contribution in [0.3, 0.4) is 0 Å². The van der Waals surface area contributed by atoms with Crippen LogP contribution in [0.15, 0.2) is 0 Å². The predicted octanol–water partition coefficient (Wildman–Crippen LogP) is -1.05. The number of alkyl halides is 1. The molecule has 6 heteroatoms. The summed E-state index contributed by atoms with van der Waals surface area (Å²) in [5, 5.41) is 5.78. The normalized spacial score (nSPS) is 17.0. The third-order valence-electron chi connectivity index (χ3n) is 1.22. The third-order valence-corrected chi connectivity index (χ3v) is 1.56. The van der Waals surface area contributed by atoms with Crippen LogP contribution < -0.4 is 22.1 Å². The molecule has 0 aromatic carbocycles. The SMILES string of the molecule is CNC.ClCC1CO1.NCCNCCN. The number of halogens is 1. The number of nitrogens with two attached hydrogens (primary N) is 2. The summed E-state index contributed by atoms with van der Waals surface area (Å²) in [5.41, 5.74) is 10.3. The molecule has 1 rings (SSSR count). The van der Waals surface area contributed by atoms with Gasteiger partial charge in [-0.2, -0.15) is 0 Å². The molecule has 0 amide bonds. The molecular weight excluding hydrogens is 216 g/mol. The molecule has 1 aliphatic rings. The van der Waals surface area contributed by atoms with Gasteiger partial charge < -0.3 is 26.8 Å². The lowest BCUT2D eigenvalue weighted by atomic mass is 10.6.